The molecule has 1 unspecified atom stereocenters. The normalized spacial score (nSPS) is 16.3. The van der Waals surface area contributed by atoms with Crippen LogP contribution in [0, 0.1) is 17.8 Å². The fraction of sp³-hybridized carbons (Fsp3) is 0.562. The minimum absolute atomic E-state index is 0.0282. The summed E-state index contributed by atoms with van der Waals surface area (Å²) in [6.45, 7) is 6.65. The van der Waals surface area contributed by atoms with Crippen LogP contribution in [0.2, 0.25) is 0 Å². The smallest absolute Gasteiger partial charge is 0.262 e. The molecule has 2 heterocycles. The Morgan fingerprint density at radius 3 is 3.00 bits per heavy atom. The maximum absolute atomic E-state index is 12.2. The summed E-state index contributed by atoms with van der Waals surface area (Å²) in [5, 5.41) is 4.91. The molecule has 1 aliphatic rings. The fourth-order valence-electron chi connectivity index (χ4n) is 2.55. The number of carbonyl (C=O) groups is 1. The van der Waals surface area contributed by atoms with E-state index in [1.165, 1.54) is 37.3 Å². The lowest BCUT2D eigenvalue weighted by Crippen LogP contribution is -2.34. The molecule has 0 spiro atoms. The van der Waals surface area contributed by atoms with Gasteiger partial charge in [0.05, 0.1) is 6.54 Å². The highest BCUT2D eigenvalue weighted by atomic mass is 32.1. The van der Waals surface area contributed by atoms with Gasteiger partial charge in [-0.3, -0.25) is 4.79 Å². The quantitative estimate of drug-likeness (QED) is 0.811. The van der Waals surface area contributed by atoms with E-state index in [2.05, 4.69) is 29.0 Å². The fourth-order valence-corrected chi connectivity index (χ4v) is 3.31. The summed E-state index contributed by atoms with van der Waals surface area (Å²) < 4.78 is 0. The number of nitrogens with zero attached hydrogens (tertiary/aromatic N) is 1. The van der Waals surface area contributed by atoms with E-state index in [4.69, 9.17) is 5.73 Å². The number of carbonyl (C=O) groups excluding carboxylic acids is 1. The Morgan fingerprint density at radius 1 is 1.52 bits per heavy atom. The zero-order valence-electron chi connectivity index (χ0n) is 12.5. The van der Waals surface area contributed by atoms with Crippen molar-refractivity contribution < 1.29 is 4.79 Å². The van der Waals surface area contributed by atoms with E-state index in [1.54, 1.807) is 0 Å². The molecule has 1 amide bonds. The van der Waals surface area contributed by atoms with Gasteiger partial charge in [0, 0.05) is 18.7 Å². The molecule has 0 bridgehead atoms. The Bertz CT molecular complexity index is 523. The highest BCUT2D eigenvalue weighted by molar-refractivity contribution is 7.12. The van der Waals surface area contributed by atoms with Gasteiger partial charge < -0.3 is 16.0 Å². The molecule has 0 saturated carbocycles. The molecule has 114 valence electrons. The van der Waals surface area contributed by atoms with Crippen molar-refractivity contribution in [2.24, 2.45) is 11.7 Å². The molecule has 4 nitrogen and oxygen atoms in total. The molecule has 1 saturated heterocycles. The van der Waals surface area contributed by atoms with Crippen molar-refractivity contribution >= 4 is 17.2 Å². The van der Waals surface area contributed by atoms with E-state index in [-0.39, 0.29) is 5.91 Å². The van der Waals surface area contributed by atoms with E-state index in [1.807, 2.05) is 11.4 Å². The zero-order chi connectivity index (χ0) is 15.1. The van der Waals surface area contributed by atoms with Crippen molar-refractivity contribution in [1.82, 2.24) is 10.2 Å². The number of rotatable bonds is 5. The second kappa shape index (κ2) is 8.18. The number of hydrogen-bond donors (Lipinski definition) is 2. The third-order valence-corrected chi connectivity index (χ3v) is 4.49. The van der Waals surface area contributed by atoms with Crippen LogP contribution in [0.4, 0.5) is 0 Å². The summed E-state index contributed by atoms with van der Waals surface area (Å²) in [7, 11) is 0. The standard InChI is InChI=1S/C16H23N3OS/c1-13(12-19-8-2-3-9-19)11-18-16(20)15-14(5-4-7-17)6-10-21-15/h6,10,13H,2-3,7-9,11-12,17H2,1H3,(H,18,20). The molecular weight excluding hydrogens is 282 g/mol. The summed E-state index contributed by atoms with van der Waals surface area (Å²) in [5.41, 5.74) is 6.15. The number of nitrogens with one attached hydrogen (secondary N) is 1. The summed E-state index contributed by atoms with van der Waals surface area (Å²) >= 11 is 1.43. The van der Waals surface area contributed by atoms with Crippen LogP contribution in [0.3, 0.4) is 0 Å². The average molecular weight is 305 g/mol. The highest BCUT2D eigenvalue weighted by Gasteiger charge is 2.16. The zero-order valence-corrected chi connectivity index (χ0v) is 13.3. The Labute approximate surface area is 130 Å². The van der Waals surface area contributed by atoms with Gasteiger partial charge in [0.25, 0.3) is 5.91 Å². The van der Waals surface area contributed by atoms with Crippen molar-refractivity contribution in [3.8, 4) is 11.8 Å². The minimum Gasteiger partial charge on any atom is -0.351 e. The molecule has 5 heteroatoms. The van der Waals surface area contributed by atoms with Crippen LogP contribution in [0.5, 0.6) is 0 Å². The Hall–Kier alpha value is -1.35. The first-order chi connectivity index (χ1) is 10.2. The maximum atomic E-state index is 12.2. The van der Waals surface area contributed by atoms with Gasteiger partial charge in [-0.2, -0.15) is 0 Å². The third kappa shape index (κ3) is 4.85. The molecule has 1 fully saturated rings. The van der Waals surface area contributed by atoms with Crippen molar-refractivity contribution in [3.63, 3.8) is 0 Å². The summed E-state index contributed by atoms with van der Waals surface area (Å²) in [5.74, 6) is 6.18. The van der Waals surface area contributed by atoms with Crippen LogP contribution in [0.25, 0.3) is 0 Å². The topological polar surface area (TPSA) is 58.4 Å². The number of hydrogen-bond acceptors (Lipinski definition) is 4. The first-order valence-corrected chi connectivity index (χ1v) is 8.35. The monoisotopic (exact) mass is 305 g/mol. The van der Waals surface area contributed by atoms with E-state index in [0.717, 1.165) is 12.1 Å². The van der Waals surface area contributed by atoms with Gasteiger partial charge in [0.15, 0.2) is 0 Å². The van der Waals surface area contributed by atoms with E-state index >= 15 is 0 Å². The summed E-state index contributed by atoms with van der Waals surface area (Å²) in [6, 6.07) is 1.87. The van der Waals surface area contributed by atoms with E-state index < -0.39 is 0 Å². The predicted molar refractivity (Wildman–Crippen MR) is 87.4 cm³/mol. The Morgan fingerprint density at radius 2 is 2.29 bits per heavy atom. The van der Waals surface area contributed by atoms with Gasteiger partial charge in [0.2, 0.25) is 0 Å². The molecule has 1 aromatic heterocycles. The van der Waals surface area contributed by atoms with Gasteiger partial charge >= 0.3 is 0 Å². The minimum atomic E-state index is -0.0282. The van der Waals surface area contributed by atoms with Gasteiger partial charge in [-0.05, 0) is 43.3 Å². The molecular formula is C16H23N3OS. The molecule has 0 aliphatic carbocycles. The second-order valence-electron chi connectivity index (χ2n) is 5.49. The molecule has 2 rings (SSSR count). The van der Waals surface area contributed by atoms with Crippen LogP contribution in [0.15, 0.2) is 11.4 Å². The summed E-state index contributed by atoms with van der Waals surface area (Å²) in [6.07, 6.45) is 2.61. The lowest BCUT2D eigenvalue weighted by molar-refractivity contribution is 0.0949. The lowest BCUT2D eigenvalue weighted by Gasteiger charge is -2.20. The lowest BCUT2D eigenvalue weighted by atomic mass is 10.1. The largest absolute Gasteiger partial charge is 0.351 e. The molecule has 0 radical (unpaired) electrons. The van der Waals surface area contributed by atoms with Crippen LogP contribution >= 0.6 is 11.3 Å². The van der Waals surface area contributed by atoms with Gasteiger partial charge in [-0.25, -0.2) is 0 Å². The number of amides is 1. The SMILES string of the molecule is CC(CNC(=O)c1sccc1C#CCN)CN1CCCC1. The van der Waals surface area contributed by atoms with E-state index in [9.17, 15) is 4.79 Å². The van der Waals surface area contributed by atoms with Crippen LogP contribution < -0.4 is 11.1 Å². The Balaban J connectivity index is 1.82. The van der Waals surface area contributed by atoms with Gasteiger partial charge in [-0.15, -0.1) is 11.3 Å². The average Bonchev–Trinajstić information content (AvgIpc) is 3.13. The van der Waals surface area contributed by atoms with Crippen molar-refractivity contribution in [1.29, 1.82) is 0 Å². The first-order valence-electron chi connectivity index (χ1n) is 7.47. The van der Waals surface area contributed by atoms with Gasteiger partial charge in [0.1, 0.15) is 4.88 Å². The molecule has 3 N–H and O–H groups in total. The van der Waals surface area contributed by atoms with Crippen LogP contribution in [-0.2, 0) is 0 Å². The van der Waals surface area contributed by atoms with Crippen LogP contribution in [-0.4, -0.2) is 43.5 Å². The van der Waals surface area contributed by atoms with Gasteiger partial charge in [-0.1, -0.05) is 18.8 Å². The first kappa shape index (κ1) is 16.0. The Kier molecular flexibility index (Phi) is 6.24. The molecule has 21 heavy (non-hydrogen) atoms. The van der Waals surface area contributed by atoms with Crippen LogP contribution in [0.1, 0.15) is 35.0 Å². The third-order valence-electron chi connectivity index (χ3n) is 3.58. The molecule has 1 atom stereocenters. The number of nitrogens with two attached hydrogens (primary N) is 1. The molecule has 0 aromatic carbocycles. The second-order valence-corrected chi connectivity index (χ2v) is 6.41. The van der Waals surface area contributed by atoms with Crippen molar-refractivity contribution in [3.05, 3.63) is 21.9 Å². The van der Waals surface area contributed by atoms with Crippen molar-refractivity contribution in [2.45, 2.75) is 19.8 Å². The predicted octanol–water partition coefficient (Wildman–Crippen LogP) is 1.52. The molecule has 1 aromatic rings. The number of thiophene rings is 1. The molecule has 1 aliphatic heterocycles. The number of likely N-dealkylation sites (tertiary alicyclic amines) is 1. The summed E-state index contributed by atoms with van der Waals surface area (Å²) in [4.78, 5) is 15.4. The van der Waals surface area contributed by atoms with Crippen molar-refractivity contribution in [2.75, 3.05) is 32.7 Å². The van der Waals surface area contributed by atoms with E-state index in [0.29, 0.717) is 23.9 Å². The highest BCUT2D eigenvalue weighted by Crippen LogP contribution is 2.16. The maximum Gasteiger partial charge on any atom is 0.262 e.